The van der Waals surface area contributed by atoms with E-state index in [2.05, 4.69) is 45.1 Å². The number of ether oxygens (including phenoxy) is 3. The first-order valence-corrected chi connectivity index (χ1v) is 28.8. The summed E-state index contributed by atoms with van der Waals surface area (Å²) in [5.74, 6) is -0.859. The predicted molar refractivity (Wildman–Crippen MR) is 279 cm³/mol. The summed E-state index contributed by atoms with van der Waals surface area (Å²) in [7, 11) is 0. The fourth-order valence-electron chi connectivity index (χ4n) is 8.55. The van der Waals surface area contributed by atoms with E-state index in [0.29, 0.717) is 19.3 Å². The van der Waals surface area contributed by atoms with Crippen molar-refractivity contribution in [1.82, 2.24) is 0 Å². The molecular weight excluding hydrogens is 805 g/mol. The van der Waals surface area contributed by atoms with Crippen molar-refractivity contribution in [3.8, 4) is 0 Å². The predicted octanol–water partition coefficient (Wildman–Crippen LogP) is 19.1. The summed E-state index contributed by atoms with van der Waals surface area (Å²) in [6.45, 7) is 6.66. The summed E-state index contributed by atoms with van der Waals surface area (Å²) in [5.41, 5.74) is 0. The van der Waals surface area contributed by atoms with Gasteiger partial charge in [0.1, 0.15) is 13.2 Å². The Labute approximate surface area is 404 Å². The summed E-state index contributed by atoms with van der Waals surface area (Å²) in [4.78, 5) is 38.1. The van der Waals surface area contributed by atoms with E-state index in [9.17, 15) is 14.4 Å². The van der Waals surface area contributed by atoms with Crippen molar-refractivity contribution in [3.63, 3.8) is 0 Å². The number of carbonyl (C=O) groups excluding carboxylic acids is 3. The fraction of sp³-hybridized carbons (Fsp3) is 0.881. The van der Waals surface area contributed by atoms with Crippen LogP contribution in [0.1, 0.15) is 316 Å². The molecule has 0 aliphatic rings. The molecule has 0 N–H and O–H groups in total. The first-order chi connectivity index (χ1) is 32.0. The smallest absolute Gasteiger partial charge is 0.306 e. The number of hydrogen-bond acceptors (Lipinski definition) is 6. The lowest BCUT2D eigenvalue weighted by Crippen LogP contribution is -2.30. The Balaban J connectivity index is 4.34. The van der Waals surface area contributed by atoms with Crippen molar-refractivity contribution in [2.24, 2.45) is 0 Å². The summed E-state index contributed by atoms with van der Waals surface area (Å²) in [6, 6.07) is 0. The highest BCUT2D eigenvalue weighted by Crippen LogP contribution is 2.16. The van der Waals surface area contributed by atoms with Gasteiger partial charge in [-0.15, -0.1) is 0 Å². The second kappa shape index (κ2) is 54.5. The van der Waals surface area contributed by atoms with Crippen LogP contribution in [0.4, 0.5) is 0 Å². The molecule has 382 valence electrons. The molecule has 0 aromatic carbocycles. The molecule has 0 spiro atoms. The van der Waals surface area contributed by atoms with Crippen LogP contribution in [0.5, 0.6) is 0 Å². The Morgan fingerprint density at radius 2 is 0.508 bits per heavy atom. The molecule has 6 nitrogen and oxygen atoms in total. The van der Waals surface area contributed by atoms with Gasteiger partial charge in [-0.05, 0) is 70.6 Å². The summed E-state index contributed by atoms with van der Waals surface area (Å²) >= 11 is 0. The number of unbranched alkanes of at least 4 members (excludes halogenated alkanes) is 38. The molecule has 0 aliphatic carbocycles. The van der Waals surface area contributed by atoms with Gasteiger partial charge >= 0.3 is 17.9 Å². The monoisotopic (exact) mass is 915 g/mol. The third kappa shape index (κ3) is 52.7. The van der Waals surface area contributed by atoms with Gasteiger partial charge in [-0.25, -0.2) is 0 Å². The lowest BCUT2D eigenvalue weighted by molar-refractivity contribution is -0.167. The van der Waals surface area contributed by atoms with Crippen LogP contribution in [0.15, 0.2) is 24.3 Å². The van der Waals surface area contributed by atoms with Gasteiger partial charge in [0.15, 0.2) is 6.10 Å². The van der Waals surface area contributed by atoms with E-state index in [1.54, 1.807) is 0 Å². The average Bonchev–Trinajstić information content (AvgIpc) is 3.30. The minimum absolute atomic E-state index is 0.0699. The minimum atomic E-state index is -0.771. The van der Waals surface area contributed by atoms with Crippen molar-refractivity contribution in [1.29, 1.82) is 0 Å². The van der Waals surface area contributed by atoms with E-state index in [4.69, 9.17) is 14.2 Å². The number of allylic oxidation sites excluding steroid dienone is 4. The zero-order valence-electron chi connectivity index (χ0n) is 43.8. The van der Waals surface area contributed by atoms with Crippen LogP contribution in [0.25, 0.3) is 0 Å². The molecule has 1 atom stereocenters. The van der Waals surface area contributed by atoms with E-state index >= 15 is 0 Å². The van der Waals surface area contributed by atoms with Crippen LogP contribution in [0.2, 0.25) is 0 Å². The Morgan fingerprint density at radius 1 is 0.292 bits per heavy atom. The maximum absolute atomic E-state index is 12.8. The highest BCUT2D eigenvalue weighted by atomic mass is 16.6. The molecule has 0 amide bonds. The molecule has 0 aliphatic heterocycles. The van der Waals surface area contributed by atoms with Gasteiger partial charge in [0.2, 0.25) is 0 Å². The molecule has 0 radical (unpaired) electrons. The van der Waals surface area contributed by atoms with Crippen LogP contribution in [0.3, 0.4) is 0 Å². The van der Waals surface area contributed by atoms with E-state index in [1.165, 1.54) is 218 Å². The maximum atomic E-state index is 12.8. The minimum Gasteiger partial charge on any atom is -0.462 e. The van der Waals surface area contributed by atoms with Gasteiger partial charge in [-0.2, -0.15) is 0 Å². The normalized spacial score (nSPS) is 12.1. The van der Waals surface area contributed by atoms with Gasteiger partial charge in [0, 0.05) is 19.3 Å². The summed E-state index contributed by atoms with van der Waals surface area (Å²) in [6.07, 6.45) is 63.0. The SMILES string of the molecule is CCCCCC/C=C\CCCCCCCCCC(=O)O[C@H](COC(=O)CCCCCCCCC/C=C\CCCCCCCC)COC(=O)CCCCCCCCCCCCCCCCC. The highest BCUT2D eigenvalue weighted by molar-refractivity contribution is 5.71. The summed E-state index contributed by atoms with van der Waals surface area (Å²) in [5, 5.41) is 0. The van der Waals surface area contributed by atoms with Crippen LogP contribution in [-0.2, 0) is 28.6 Å². The first-order valence-electron chi connectivity index (χ1n) is 28.8. The van der Waals surface area contributed by atoms with Crippen molar-refractivity contribution < 1.29 is 28.6 Å². The van der Waals surface area contributed by atoms with Gasteiger partial charge in [0.05, 0.1) is 0 Å². The van der Waals surface area contributed by atoms with Gasteiger partial charge in [-0.1, -0.05) is 251 Å². The molecule has 0 fully saturated rings. The lowest BCUT2D eigenvalue weighted by atomic mass is 10.0. The zero-order chi connectivity index (χ0) is 47.2. The molecular formula is C59H110O6. The highest BCUT2D eigenvalue weighted by Gasteiger charge is 2.19. The van der Waals surface area contributed by atoms with Crippen molar-refractivity contribution in [3.05, 3.63) is 24.3 Å². The van der Waals surface area contributed by atoms with E-state index < -0.39 is 6.10 Å². The molecule has 0 heterocycles. The molecule has 0 rings (SSSR count). The van der Waals surface area contributed by atoms with Crippen LogP contribution in [0, 0.1) is 0 Å². The first kappa shape index (κ1) is 62.9. The second-order valence-corrected chi connectivity index (χ2v) is 19.6. The number of hydrogen-bond donors (Lipinski definition) is 0. The van der Waals surface area contributed by atoms with Gasteiger partial charge < -0.3 is 14.2 Å². The van der Waals surface area contributed by atoms with Gasteiger partial charge in [0.25, 0.3) is 0 Å². The standard InChI is InChI=1S/C59H110O6/c1-4-7-10-13-16-19-22-25-28-29-32-34-37-40-43-46-49-52-58(61)64-55-56(65-59(62)53-50-47-44-41-38-35-31-27-24-21-18-15-12-9-6-3)54-63-57(60)51-48-45-42-39-36-33-30-26-23-20-17-14-11-8-5-2/h21,24-25,28,56H,4-20,22-23,26-27,29-55H2,1-3H3/b24-21-,28-25-/t56-/m0/s1. The van der Waals surface area contributed by atoms with E-state index in [1.807, 2.05) is 0 Å². The number of esters is 3. The third-order valence-corrected chi connectivity index (χ3v) is 12.9. The maximum Gasteiger partial charge on any atom is 0.306 e. The van der Waals surface area contributed by atoms with Crippen LogP contribution in [-0.4, -0.2) is 37.2 Å². The van der Waals surface area contributed by atoms with E-state index in [0.717, 1.165) is 57.8 Å². The molecule has 0 saturated carbocycles. The molecule has 0 aromatic heterocycles. The van der Waals surface area contributed by atoms with Crippen LogP contribution < -0.4 is 0 Å². The summed E-state index contributed by atoms with van der Waals surface area (Å²) < 4.78 is 16.9. The van der Waals surface area contributed by atoms with Gasteiger partial charge in [-0.3, -0.25) is 14.4 Å². The molecule has 0 saturated heterocycles. The average molecular weight is 916 g/mol. The van der Waals surface area contributed by atoms with Crippen LogP contribution >= 0.6 is 0 Å². The topological polar surface area (TPSA) is 78.9 Å². The second-order valence-electron chi connectivity index (χ2n) is 19.6. The molecule has 6 heteroatoms. The zero-order valence-corrected chi connectivity index (χ0v) is 43.8. The lowest BCUT2D eigenvalue weighted by Gasteiger charge is -2.18. The quantitative estimate of drug-likeness (QED) is 0.0262. The molecule has 0 bridgehead atoms. The molecule has 0 unspecified atom stereocenters. The van der Waals surface area contributed by atoms with Crippen molar-refractivity contribution in [2.75, 3.05) is 13.2 Å². The fourth-order valence-corrected chi connectivity index (χ4v) is 8.55. The third-order valence-electron chi connectivity index (χ3n) is 12.9. The van der Waals surface area contributed by atoms with E-state index in [-0.39, 0.29) is 31.1 Å². The number of carbonyl (C=O) groups is 3. The molecule has 65 heavy (non-hydrogen) atoms. The molecule has 0 aromatic rings. The number of rotatable bonds is 53. The largest absolute Gasteiger partial charge is 0.462 e. The van der Waals surface area contributed by atoms with Crippen molar-refractivity contribution in [2.45, 2.75) is 322 Å². The Hall–Kier alpha value is -2.11. The Morgan fingerprint density at radius 3 is 0.785 bits per heavy atom. The Kier molecular flexibility index (Phi) is 52.7. The van der Waals surface area contributed by atoms with Crippen molar-refractivity contribution >= 4 is 17.9 Å². The Bertz CT molecular complexity index is 1050.